The van der Waals surface area contributed by atoms with E-state index in [9.17, 15) is 0 Å². The van der Waals surface area contributed by atoms with E-state index < -0.39 is 0 Å². The van der Waals surface area contributed by atoms with Crippen molar-refractivity contribution in [1.82, 2.24) is 9.78 Å². The second-order valence-electron chi connectivity index (χ2n) is 4.55. The van der Waals surface area contributed by atoms with Crippen LogP contribution < -0.4 is 5.73 Å². The molecule has 2 N–H and O–H groups in total. The van der Waals surface area contributed by atoms with Crippen LogP contribution in [0.2, 0.25) is 0 Å². The summed E-state index contributed by atoms with van der Waals surface area (Å²) >= 11 is 3.44. The zero-order valence-electron chi connectivity index (χ0n) is 11.0. The number of anilines is 1. The lowest BCUT2D eigenvalue weighted by atomic mass is 10.1. The van der Waals surface area contributed by atoms with Gasteiger partial charge in [-0.2, -0.15) is 10.4 Å². The standard InChI is InChI=1S/C16H11BrN4/c17-13-5-2-6-14(8-13)21-10-15(19)16(20-21)12-4-1-3-11(7-12)9-18/h1-8,10H,19H2. The van der Waals surface area contributed by atoms with Crippen molar-refractivity contribution >= 4 is 21.6 Å². The Morgan fingerprint density at radius 2 is 1.95 bits per heavy atom. The summed E-state index contributed by atoms with van der Waals surface area (Å²) in [6.07, 6.45) is 1.77. The van der Waals surface area contributed by atoms with Crippen LogP contribution in [0.3, 0.4) is 0 Å². The Morgan fingerprint density at radius 3 is 2.71 bits per heavy atom. The molecule has 0 aliphatic carbocycles. The third-order valence-electron chi connectivity index (χ3n) is 3.08. The monoisotopic (exact) mass is 338 g/mol. The maximum absolute atomic E-state index is 8.98. The summed E-state index contributed by atoms with van der Waals surface area (Å²) in [7, 11) is 0. The fourth-order valence-corrected chi connectivity index (χ4v) is 2.49. The first-order valence-corrected chi connectivity index (χ1v) is 7.08. The van der Waals surface area contributed by atoms with E-state index >= 15 is 0 Å². The summed E-state index contributed by atoms with van der Waals surface area (Å²) < 4.78 is 2.70. The molecule has 0 aliphatic rings. The molecule has 5 heteroatoms. The molecule has 0 aliphatic heterocycles. The van der Waals surface area contributed by atoms with Crippen molar-refractivity contribution in [3.05, 3.63) is 64.8 Å². The van der Waals surface area contributed by atoms with Crippen LogP contribution in [0.4, 0.5) is 5.69 Å². The molecule has 2 aromatic carbocycles. The molecule has 1 aromatic heterocycles. The van der Waals surface area contributed by atoms with Gasteiger partial charge in [-0.25, -0.2) is 4.68 Å². The number of halogens is 1. The lowest BCUT2D eigenvalue weighted by Gasteiger charge is -2.01. The van der Waals surface area contributed by atoms with Gasteiger partial charge in [-0.05, 0) is 30.3 Å². The highest BCUT2D eigenvalue weighted by molar-refractivity contribution is 9.10. The minimum atomic E-state index is 0.574. The molecule has 0 saturated heterocycles. The Balaban J connectivity index is 2.08. The van der Waals surface area contributed by atoms with Gasteiger partial charge < -0.3 is 5.73 Å². The lowest BCUT2D eigenvalue weighted by molar-refractivity contribution is 0.884. The summed E-state index contributed by atoms with van der Waals surface area (Å²) in [5, 5.41) is 13.5. The smallest absolute Gasteiger partial charge is 0.116 e. The minimum Gasteiger partial charge on any atom is -0.396 e. The van der Waals surface area contributed by atoms with E-state index in [4.69, 9.17) is 11.0 Å². The maximum atomic E-state index is 8.98. The molecule has 3 rings (SSSR count). The molecule has 0 unspecified atom stereocenters. The fourth-order valence-electron chi connectivity index (χ4n) is 2.10. The van der Waals surface area contributed by atoms with Crippen molar-refractivity contribution in [2.24, 2.45) is 0 Å². The normalized spacial score (nSPS) is 10.3. The van der Waals surface area contributed by atoms with Crippen molar-refractivity contribution < 1.29 is 0 Å². The molecule has 0 spiro atoms. The second kappa shape index (κ2) is 5.43. The molecular weight excluding hydrogens is 328 g/mol. The first kappa shape index (κ1) is 13.4. The zero-order valence-corrected chi connectivity index (χ0v) is 12.6. The number of nitrogens with two attached hydrogens (primary N) is 1. The Morgan fingerprint density at radius 1 is 1.14 bits per heavy atom. The van der Waals surface area contributed by atoms with Crippen LogP contribution in [0, 0.1) is 11.3 Å². The van der Waals surface area contributed by atoms with Crippen molar-refractivity contribution in [1.29, 1.82) is 5.26 Å². The van der Waals surface area contributed by atoms with E-state index in [-0.39, 0.29) is 0 Å². The summed E-state index contributed by atoms with van der Waals surface area (Å²) in [5.74, 6) is 0. The summed E-state index contributed by atoms with van der Waals surface area (Å²) in [4.78, 5) is 0. The van der Waals surface area contributed by atoms with Crippen molar-refractivity contribution in [2.45, 2.75) is 0 Å². The van der Waals surface area contributed by atoms with Gasteiger partial charge >= 0.3 is 0 Å². The van der Waals surface area contributed by atoms with Crippen LogP contribution >= 0.6 is 15.9 Å². The van der Waals surface area contributed by atoms with Gasteiger partial charge in [-0.15, -0.1) is 0 Å². The molecule has 0 atom stereocenters. The van der Waals surface area contributed by atoms with E-state index in [1.807, 2.05) is 36.4 Å². The highest BCUT2D eigenvalue weighted by Crippen LogP contribution is 2.26. The quantitative estimate of drug-likeness (QED) is 0.773. The van der Waals surface area contributed by atoms with Gasteiger partial charge in [-0.1, -0.05) is 34.1 Å². The van der Waals surface area contributed by atoms with Crippen molar-refractivity contribution in [3.8, 4) is 23.0 Å². The van der Waals surface area contributed by atoms with Crippen LogP contribution in [0.5, 0.6) is 0 Å². The number of nitrogen functional groups attached to an aromatic ring is 1. The highest BCUT2D eigenvalue weighted by atomic mass is 79.9. The number of rotatable bonds is 2. The van der Waals surface area contributed by atoms with E-state index in [2.05, 4.69) is 27.1 Å². The van der Waals surface area contributed by atoms with Gasteiger partial charge in [0.25, 0.3) is 0 Å². The van der Waals surface area contributed by atoms with Crippen molar-refractivity contribution in [3.63, 3.8) is 0 Å². The Labute approximate surface area is 130 Å². The Kier molecular flexibility index (Phi) is 3.46. The van der Waals surface area contributed by atoms with E-state index in [0.29, 0.717) is 16.9 Å². The number of nitrogens with zero attached hydrogens (tertiary/aromatic N) is 3. The molecule has 0 saturated carbocycles. The molecule has 0 amide bonds. The van der Waals surface area contributed by atoms with E-state index in [1.165, 1.54) is 0 Å². The number of hydrogen-bond acceptors (Lipinski definition) is 3. The van der Waals surface area contributed by atoms with Crippen LogP contribution in [-0.4, -0.2) is 9.78 Å². The molecule has 102 valence electrons. The number of nitriles is 1. The molecule has 0 radical (unpaired) electrons. The second-order valence-corrected chi connectivity index (χ2v) is 5.47. The van der Waals surface area contributed by atoms with Gasteiger partial charge in [0, 0.05) is 10.0 Å². The average molecular weight is 339 g/mol. The van der Waals surface area contributed by atoms with Gasteiger partial charge in [0.05, 0.1) is 29.2 Å². The minimum absolute atomic E-state index is 0.574. The lowest BCUT2D eigenvalue weighted by Crippen LogP contribution is -1.94. The topological polar surface area (TPSA) is 67.6 Å². The number of hydrogen-bond donors (Lipinski definition) is 1. The molecule has 0 fully saturated rings. The van der Waals surface area contributed by atoms with Gasteiger partial charge in [0.2, 0.25) is 0 Å². The molecule has 1 heterocycles. The first-order chi connectivity index (χ1) is 10.2. The predicted molar refractivity (Wildman–Crippen MR) is 85.8 cm³/mol. The number of aromatic nitrogens is 2. The summed E-state index contributed by atoms with van der Waals surface area (Å²) in [5.41, 5.74) is 9.65. The Hall–Kier alpha value is -2.58. The van der Waals surface area contributed by atoms with Gasteiger partial charge in [0.1, 0.15) is 5.69 Å². The van der Waals surface area contributed by atoms with Gasteiger partial charge in [-0.3, -0.25) is 0 Å². The van der Waals surface area contributed by atoms with Gasteiger partial charge in [0.15, 0.2) is 0 Å². The first-order valence-electron chi connectivity index (χ1n) is 6.29. The van der Waals surface area contributed by atoms with E-state index in [1.54, 1.807) is 23.0 Å². The predicted octanol–water partition coefficient (Wildman–Crippen LogP) is 3.76. The molecule has 4 nitrogen and oxygen atoms in total. The highest BCUT2D eigenvalue weighted by Gasteiger charge is 2.10. The molecule has 21 heavy (non-hydrogen) atoms. The summed E-state index contributed by atoms with van der Waals surface area (Å²) in [6.45, 7) is 0. The van der Waals surface area contributed by atoms with Crippen LogP contribution in [0.15, 0.2) is 59.2 Å². The third kappa shape index (κ3) is 2.67. The van der Waals surface area contributed by atoms with Crippen molar-refractivity contribution in [2.75, 3.05) is 5.73 Å². The van der Waals surface area contributed by atoms with Crippen LogP contribution in [-0.2, 0) is 0 Å². The number of benzene rings is 2. The fraction of sp³-hybridized carbons (Fsp3) is 0. The summed E-state index contributed by atoms with van der Waals surface area (Å²) in [6, 6.07) is 17.2. The van der Waals surface area contributed by atoms with Crippen LogP contribution in [0.25, 0.3) is 16.9 Å². The maximum Gasteiger partial charge on any atom is 0.116 e. The van der Waals surface area contributed by atoms with Crippen LogP contribution in [0.1, 0.15) is 5.56 Å². The zero-order chi connectivity index (χ0) is 14.8. The molecule has 3 aromatic rings. The third-order valence-corrected chi connectivity index (χ3v) is 3.57. The molecular formula is C16H11BrN4. The SMILES string of the molecule is N#Cc1cccc(-c2nn(-c3cccc(Br)c3)cc2N)c1. The largest absolute Gasteiger partial charge is 0.396 e. The molecule has 0 bridgehead atoms. The Bertz CT molecular complexity index is 845. The average Bonchev–Trinajstić information content (AvgIpc) is 2.89. The van der Waals surface area contributed by atoms with E-state index in [0.717, 1.165) is 15.7 Å².